The molecule has 1 aromatic rings. The molecule has 0 bridgehead atoms. The minimum Gasteiger partial charge on any atom is -0.370 e. The molecule has 0 spiro atoms. The van der Waals surface area contributed by atoms with Gasteiger partial charge >= 0.3 is 0 Å². The lowest BCUT2D eigenvalue weighted by atomic mass is 9.93. The highest BCUT2D eigenvalue weighted by Gasteiger charge is 2.36. The van der Waals surface area contributed by atoms with Gasteiger partial charge in [0.15, 0.2) is 5.82 Å². The van der Waals surface area contributed by atoms with Gasteiger partial charge in [-0.15, -0.1) is 0 Å². The van der Waals surface area contributed by atoms with Crippen molar-refractivity contribution in [2.24, 2.45) is 0 Å². The van der Waals surface area contributed by atoms with Gasteiger partial charge in [-0.3, -0.25) is 0 Å². The highest BCUT2D eigenvalue weighted by atomic mass is 127. The van der Waals surface area contributed by atoms with Gasteiger partial charge in [-0.05, 0) is 35.4 Å². The van der Waals surface area contributed by atoms with Gasteiger partial charge in [0, 0.05) is 7.11 Å². The Morgan fingerprint density at radius 2 is 1.56 bits per heavy atom. The summed E-state index contributed by atoms with van der Waals surface area (Å²) in [7, 11) is 1.72. The van der Waals surface area contributed by atoms with Crippen molar-refractivity contribution in [2.75, 3.05) is 7.11 Å². The monoisotopic (exact) mass is 400 g/mol. The summed E-state index contributed by atoms with van der Waals surface area (Å²) < 4.78 is 6.44. The largest absolute Gasteiger partial charge is 0.370 e. The van der Waals surface area contributed by atoms with Crippen molar-refractivity contribution in [2.45, 2.75) is 44.1 Å². The van der Waals surface area contributed by atoms with E-state index in [1.165, 1.54) is 12.8 Å². The zero-order valence-corrected chi connectivity index (χ0v) is 13.8. The molecule has 1 aromatic heterocycles. The van der Waals surface area contributed by atoms with Crippen molar-refractivity contribution in [3.63, 3.8) is 0 Å². The summed E-state index contributed by atoms with van der Waals surface area (Å²) in [6, 6.07) is 0. The van der Waals surface area contributed by atoms with Crippen LogP contribution >= 0.6 is 45.8 Å². The Balaban J connectivity index is 2.43. The molecule has 1 saturated carbocycles. The minimum atomic E-state index is -0.422. The molecule has 1 heterocycles. The summed E-state index contributed by atoms with van der Waals surface area (Å²) in [4.78, 5) is 8.76. The summed E-state index contributed by atoms with van der Waals surface area (Å²) in [5, 5.41) is 0.817. The minimum absolute atomic E-state index is 0.409. The average Bonchev–Trinajstić information content (AvgIpc) is 2.61. The van der Waals surface area contributed by atoms with Crippen LogP contribution in [0.3, 0.4) is 0 Å². The lowest BCUT2D eigenvalue weighted by Gasteiger charge is -2.29. The topological polar surface area (TPSA) is 35.0 Å². The second-order valence-electron chi connectivity index (χ2n) is 4.56. The summed E-state index contributed by atoms with van der Waals surface area (Å²) in [5.74, 6) is 0.627. The fourth-order valence-electron chi connectivity index (χ4n) is 2.42. The van der Waals surface area contributed by atoms with E-state index in [0.29, 0.717) is 19.7 Å². The Labute approximate surface area is 131 Å². The number of nitrogens with zero attached hydrogens (tertiary/aromatic N) is 2. The van der Waals surface area contributed by atoms with Crippen LogP contribution in [-0.4, -0.2) is 17.1 Å². The lowest BCUT2D eigenvalue weighted by molar-refractivity contribution is -0.0351. The maximum atomic E-state index is 6.10. The van der Waals surface area contributed by atoms with Crippen LogP contribution in [0.25, 0.3) is 0 Å². The number of ether oxygens (including phenoxy) is 1. The van der Waals surface area contributed by atoms with Gasteiger partial charge in [-0.2, -0.15) is 0 Å². The quantitative estimate of drug-likeness (QED) is 0.414. The predicted octanol–water partition coefficient (Wildman–Crippen LogP) is 4.58. The van der Waals surface area contributed by atoms with Crippen molar-refractivity contribution >= 4 is 45.8 Å². The molecule has 1 aliphatic rings. The summed E-state index contributed by atoms with van der Waals surface area (Å²) in [6.45, 7) is 0. The van der Waals surface area contributed by atoms with Gasteiger partial charge in [0.1, 0.15) is 15.9 Å². The van der Waals surface area contributed by atoms with Gasteiger partial charge in [0.05, 0.1) is 3.57 Å². The van der Waals surface area contributed by atoms with Crippen LogP contribution in [0.5, 0.6) is 0 Å². The van der Waals surface area contributed by atoms with Gasteiger partial charge in [0.2, 0.25) is 0 Å². The molecular weight excluding hydrogens is 386 g/mol. The van der Waals surface area contributed by atoms with E-state index in [0.717, 1.165) is 25.7 Å². The van der Waals surface area contributed by atoms with E-state index in [2.05, 4.69) is 32.6 Å². The van der Waals surface area contributed by atoms with Crippen LogP contribution in [0.15, 0.2) is 0 Å². The number of aromatic nitrogens is 2. The first-order valence-electron chi connectivity index (χ1n) is 6.03. The summed E-state index contributed by atoms with van der Waals surface area (Å²) in [6.07, 6.45) is 6.57. The average molecular weight is 401 g/mol. The third-order valence-electron chi connectivity index (χ3n) is 3.48. The molecule has 1 fully saturated rings. The maximum Gasteiger partial charge on any atom is 0.163 e. The lowest BCUT2D eigenvalue weighted by Crippen LogP contribution is -2.30. The first kappa shape index (κ1) is 14.8. The third kappa shape index (κ3) is 2.92. The molecule has 6 heteroatoms. The molecule has 0 radical (unpaired) electrons. The van der Waals surface area contributed by atoms with Gasteiger partial charge in [-0.1, -0.05) is 48.9 Å². The molecular formula is C12H15Cl2IN2O. The van der Waals surface area contributed by atoms with Crippen molar-refractivity contribution in [1.82, 2.24) is 9.97 Å². The molecule has 100 valence electrons. The van der Waals surface area contributed by atoms with Crippen LogP contribution in [0.4, 0.5) is 0 Å². The zero-order chi connectivity index (χ0) is 13.2. The van der Waals surface area contributed by atoms with Gasteiger partial charge < -0.3 is 4.74 Å². The molecule has 18 heavy (non-hydrogen) atoms. The highest BCUT2D eigenvalue weighted by molar-refractivity contribution is 14.1. The Kier molecular flexibility index (Phi) is 5.08. The van der Waals surface area contributed by atoms with Crippen LogP contribution < -0.4 is 0 Å². The van der Waals surface area contributed by atoms with Gasteiger partial charge in [-0.25, -0.2) is 9.97 Å². The van der Waals surface area contributed by atoms with Crippen molar-refractivity contribution in [3.8, 4) is 0 Å². The van der Waals surface area contributed by atoms with Crippen LogP contribution in [0, 0.1) is 3.57 Å². The third-order valence-corrected chi connectivity index (χ3v) is 5.69. The number of hydrogen-bond donors (Lipinski definition) is 0. The van der Waals surface area contributed by atoms with E-state index in [9.17, 15) is 0 Å². The normalized spacial score (nSPS) is 19.6. The van der Waals surface area contributed by atoms with Crippen molar-refractivity contribution < 1.29 is 4.74 Å². The van der Waals surface area contributed by atoms with E-state index in [1.54, 1.807) is 7.11 Å². The summed E-state index contributed by atoms with van der Waals surface area (Å²) >= 11 is 14.3. The Bertz CT molecular complexity index is 411. The van der Waals surface area contributed by atoms with Crippen LogP contribution in [0.2, 0.25) is 10.3 Å². The van der Waals surface area contributed by atoms with Gasteiger partial charge in [0.25, 0.3) is 0 Å². The van der Waals surface area contributed by atoms with Crippen molar-refractivity contribution in [3.05, 3.63) is 19.7 Å². The SMILES string of the molecule is COC1(c2nc(Cl)c(I)c(Cl)n2)CCCCCC1. The van der Waals surface area contributed by atoms with E-state index in [-0.39, 0.29) is 0 Å². The molecule has 0 aromatic carbocycles. The van der Waals surface area contributed by atoms with Crippen LogP contribution in [-0.2, 0) is 10.3 Å². The Hall–Kier alpha value is 0.350. The molecule has 0 saturated heterocycles. The maximum absolute atomic E-state index is 6.10. The number of methoxy groups -OCH3 is 1. The molecule has 0 aliphatic heterocycles. The fraction of sp³-hybridized carbons (Fsp3) is 0.667. The number of halogens is 3. The van der Waals surface area contributed by atoms with E-state index >= 15 is 0 Å². The molecule has 0 unspecified atom stereocenters. The molecule has 1 aliphatic carbocycles. The van der Waals surface area contributed by atoms with Crippen molar-refractivity contribution in [1.29, 1.82) is 0 Å². The highest BCUT2D eigenvalue weighted by Crippen LogP contribution is 2.38. The van der Waals surface area contributed by atoms with E-state index < -0.39 is 5.60 Å². The van der Waals surface area contributed by atoms with E-state index in [4.69, 9.17) is 27.9 Å². The standard InChI is InChI=1S/C12H15Cl2IN2O/c1-18-12(6-4-2-3-5-7-12)11-16-9(13)8(15)10(14)17-11/h2-7H2,1H3. The predicted molar refractivity (Wildman–Crippen MR) is 81.2 cm³/mol. The molecule has 0 N–H and O–H groups in total. The first-order valence-corrected chi connectivity index (χ1v) is 7.87. The Morgan fingerprint density at radius 1 is 1.06 bits per heavy atom. The second-order valence-corrected chi connectivity index (χ2v) is 6.35. The zero-order valence-electron chi connectivity index (χ0n) is 10.2. The van der Waals surface area contributed by atoms with E-state index in [1.807, 2.05) is 0 Å². The molecule has 0 amide bonds. The smallest absolute Gasteiger partial charge is 0.163 e. The second kappa shape index (κ2) is 6.20. The number of hydrogen-bond acceptors (Lipinski definition) is 3. The fourth-order valence-corrected chi connectivity index (χ4v) is 3.05. The number of rotatable bonds is 2. The molecule has 0 atom stereocenters. The molecule has 3 nitrogen and oxygen atoms in total. The molecule has 2 rings (SSSR count). The van der Waals surface area contributed by atoms with Crippen LogP contribution in [0.1, 0.15) is 44.3 Å². The Morgan fingerprint density at radius 3 is 2.00 bits per heavy atom. The summed E-state index contributed by atoms with van der Waals surface area (Å²) in [5.41, 5.74) is -0.422. The first-order chi connectivity index (χ1) is 8.59.